The lowest BCUT2D eigenvalue weighted by Crippen LogP contribution is -2.31. The minimum Gasteiger partial charge on any atom is -0.480 e. The Hall–Kier alpha value is -4.38. The molecule has 0 aliphatic rings. The van der Waals surface area contributed by atoms with E-state index in [2.05, 4.69) is 10.6 Å². The highest BCUT2D eigenvalue weighted by Gasteiger charge is 2.15. The van der Waals surface area contributed by atoms with Crippen LogP contribution in [0.1, 0.15) is 34.7 Å². The van der Waals surface area contributed by atoms with Crippen molar-refractivity contribution in [2.75, 3.05) is 6.54 Å². The van der Waals surface area contributed by atoms with E-state index >= 15 is 0 Å². The van der Waals surface area contributed by atoms with Gasteiger partial charge in [-0.25, -0.2) is 4.79 Å². The van der Waals surface area contributed by atoms with Crippen LogP contribution in [0.2, 0.25) is 0 Å². The summed E-state index contributed by atoms with van der Waals surface area (Å²) in [5.74, 6) is -2.34. The summed E-state index contributed by atoms with van der Waals surface area (Å²) in [6.07, 6.45) is -0.284. The summed E-state index contributed by atoms with van der Waals surface area (Å²) in [6, 6.07) is 13.2. The van der Waals surface area contributed by atoms with Crippen LogP contribution < -0.4 is 21.1 Å². The quantitative estimate of drug-likeness (QED) is 0.120. The van der Waals surface area contributed by atoms with Gasteiger partial charge in [-0.3, -0.25) is 19.8 Å². The van der Waals surface area contributed by atoms with Gasteiger partial charge in [-0.2, -0.15) is 0 Å². The van der Waals surface area contributed by atoms with Gasteiger partial charge in [-0.1, -0.05) is 18.2 Å². The molecule has 184 valence electrons. The molecule has 0 radical (unpaired) electrons. The summed E-state index contributed by atoms with van der Waals surface area (Å²) in [6.45, 7) is -0.511. The third kappa shape index (κ3) is 7.86. The van der Waals surface area contributed by atoms with Crippen LogP contribution in [0.15, 0.2) is 52.9 Å². The number of amides is 2. The van der Waals surface area contributed by atoms with Gasteiger partial charge in [-0.15, -0.1) is 12.4 Å². The van der Waals surface area contributed by atoms with Crippen molar-refractivity contribution in [1.29, 1.82) is 5.41 Å². The Balaban J connectivity index is 0.00000432. The summed E-state index contributed by atoms with van der Waals surface area (Å²) >= 11 is 0. The van der Waals surface area contributed by atoms with E-state index in [-0.39, 0.29) is 43.4 Å². The molecule has 0 unspecified atom stereocenters. The molecule has 0 atom stereocenters. The van der Waals surface area contributed by atoms with E-state index in [4.69, 9.17) is 25.4 Å². The molecule has 12 heteroatoms. The zero-order valence-electron chi connectivity index (χ0n) is 18.3. The average molecular weight is 503 g/mol. The van der Waals surface area contributed by atoms with Crippen molar-refractivity contribution in [2.45, 2.75) is 19.4 Å². The summed E-state index contributed by atoms with van der Waals surface area (Å²) in [5, 5.41) is 22.3. The zero-order chi connectivity index (χ0) is 24.7. The van der Waals surface area contributed by atoms with Crippen molar-refractivity contribution >= 4 is 52.8 Å². The normalized spacial score (nSPS) is 10.2. The van der Waals surface area contributed by atoms with Crippen LogP contribution in [0.5, 0.6) is 5.75 Å². The number of aliphatic carboxylic acids is 1. The molecule has 0 bridgehead atoms. The lowest BCUT2D eigenvalue weighted by molar-refractivity contribution is -0.138. The standard InChI is InChI=1S/C23H22N4O7.ClH/c24-22(25)15-2-1-14-10-16(4-3-13(14)9-15)34-23(32)18-6-5-17(33-18)11-26-19(28)7-8-20(29)27-12-21(30)31;/h1-6,9-10H,7-8,11-12H2,(H3,24,25)(H,26,28)(H,27,29)(H,30,31);1H. The van der Waals surface area contributed by atoms with E-state index in [1.165, 1.54) is 12.1 Å². The molecule has 11 nitrogen and oxygen atoms in total. The molecule has 2 aromatic carbocycles. The highest BCUT2D eigenvalue weighted by molar-refractivity contribution is 5.99. The maximum absolute atomic E-state index is 12.4. The Morgan fingerprint density at radius 1 is 0.943 bits per heavy atom. The van der Waals surface area contributed by atoms with E-state index < -0.39 is 30.3 Å². The first-order valence-corrected chi connectivity index (χ1v) is 10.2. The number of halogens is 1. The third-order valence-corrected chi connectivity index (χ3v) is 4.67. The molecule has 1 heterocycles. The molecule has 0 saturated carbocycles. The number of rotatable bonds is 10. The van der Waals surface area contributed by atoms with Crippen LogP contribution in [-0.2, 0) is 20.9 Å². The number of hydrogen-bond acceptors (Lipinski definition) is 7. The van der Waals surface area contributed by atoms with Gasteiger partial charge in [0.25, 0.3) is 0 Å². The number of furan rings is 1. The first-order chi connectivity index (χ1) is 16.2. The average Bonchev–Trinajstić information content (AvgIpc) is 3.29. The number of nitrogen functional groups attached to an aromatic ring is 1. The Kier molecular flexibility index (Phi) is 9.36. The predicted octanol–water partition coefficient (Wildman–Crippen LogP) is 1.96. The lowest BCUT2D eigenvalue weighted by Gasteiger charge is -2.06. The monoisotopic (exact) mass is 502 g/mol. The summed E-state index contributed by atoms with van der Waals surface area (Å²) < 4.78 is 10.8. The van der Waals surface area contributed by atoms with E-state index in [1.807, 2.05) is 0 Å². The number of carbonyl (C=O) groups is 4. The Labute approximate surface area is 205 Å². The molecule has 0 fully saturated rings. The smallest absolute Gasteiger partial charge is 0.379 e. The molecule has 3 aromatic rings. The number of amidine groups is 1. The largest absolute Gasteiger partial charge is 0.480 e. The molecule has 0 spiro atoms. The molecule has 1 aromatic heterocycles. The van der Waals surface area contributed by atoms with E-state index in [0.717, 1.165) is 10.8 Å². The highest BCUT2D eigenvalue weighted by atomic mass is 35.5. The fourth-order valence-corrected chi connectivity index (χ4v) is 2.96. The number of carboxylic acids is 1. The number of carbonyl (C=O) groups excluding carboxylic acids is 3. The number of ether oxygens (including phenoxy) is 1. The van der Waals surface area contributed by atoms with E-state index in [9.17, 15) is 19.2 Å². The van der Waals surface area contributed by atoms with Gasteiger partial charge >= 0.3 is 11.9 Å². The number of nitrogens with one attached hydrogen (secondary N) is 3. The number of hydrogen-bond donors (Lipinski definition) is 5. The van der Waals surface area contributed by atoms with Gasteiger partial charge < -0.3 is 30.6 Å². The highest BCUT2D eigenvalue weighted by Crippen LogP contribution is 2.23. The zero-order valence-corrected chi connectivity index (χ0v) is 19.1. The van der Waals surface area contributed by atoms with Gasteiger partial charge in [-0.05, 0) is 41.1 Å². The fraction of sp³-hybridized carbons (Fsp3) is 0.174. The van der Waals surface area contributed by atoms with E-state index in [0.29, 0.717) is 17.1 Å². The third-order valence-electron chi connectivity index (χ3n) is 4.67. The molecule has 6 N–H and O–H groups in total. The van der Waals surface area contributed by atoms with Crippen molar-refractivity contribution in [3.8, 4) is 5.75 Å². The van der Waals surface area contributed by atoms with Gasteiger partial charge in [0.1, 0.15) is 23.9 Å². The maximum atomic E-state index is 12.4. The van der Waals surface area contributed by atoms with Crippen LogP contribution >= 0.6 is 12.4 Å². The molecular weight excluding hydrogens is 480 g/mol. The van der Waals surface area contributed by atoms with Crippen molar-refractivity contribution in [3.05, 3.63) is 65.6 Å². The minimum atomic E-state index is -1.17. The molecule has 2 amide bonds. The van der Waals surface area contributed by atoms with Crippen LogP contribution in [0.3, 0.4) is 0 Å². The molecule has 0 saturated heterocycles. The molecule has 3 rings (SSSR count). The summed E-state index contributed by atoms with van der Waals surface area (Å²) in [5.41, 5.74) is 6.09. The number of fused-ring (bicyclic) bond motifs is 1. The number of esters is 1. The number of nitrogens with two attached hydrogens (primary N) is 1. The van der Waals surface area contributed by atoms with Crippen LogP contribution in [0.25, 0.3) is 10.8 Å². The molecule has 35 heavy (non-hydrogen) atoms. The molecule has 0 aliphatic heterocycles. The lowest BCUT2D eigenvalue weighted by atomic mass is 10.1. The first kappa shape index (κ1) is 26.9. The second-order valence-corrected chi connectivity index (χ2v) is 7.24. The van der Waals surface area contributed by atoms with Gasteiger partial charge in [0.05, 0.1) is 6.54 Å². The Morgan fingerprint density at radius 3 is 2.29 bits per heavy atom. The van der Waals surface area contributed by atoms with Crippen LogP contribution in [-0.4, -0.2) is 41.2 Å². The van der Waals surface area contributed by atoms with Crippen molar-refractivity contribution in [3.63, 3.8) is 0 Å². The fourth-order valence-electron chi connectivity index (χ4n) is 2.96. The summed E-state index contributed by atoms with van der Waals surface area (Å²) in [4.78, 5) is 46.1. The second-order valence-electron chi connectivity index (χ2n) is 7.24. The van der Waals surface area contributed by atoms with Crippen molar-refractivity contribution in [2.24, 2.45) is 5.73 Å². The van der Waals surface area contributed by atoms with Crippen molar-refractivity contribution < 1.29 is 33.4 Å². The molecule has 0 aliphatic carbocycles. The number of carboxylic acid groups (broad SMARTS) is 1. The first-order valence-electron chi connectivity index (χ1n) is 10.2. The van der Waals surface area contributed by atoms with Gasteiger partial charge in [0.15, 0.2) is 0 Å². The van der Waals surface area contributed by atoms with Crippen molar-refractivity contribution in [1.82, 2.24) is 10.6 Å². The topological polar surface area (TPSA) is 185 Å². The SMILES string of the molecule is Cl.N=C(N)c1ccc2cc(OC(=O)c3ccc(CNC(=O)CCC(=O)NCC(=O)O)o3)ccc2c1. The van der Waals surface area contributed by atoms with Gasteiger partial charge in [0.2, 0.25) is 17.6 Å². The maximum Gasteiger partial charge on any atom is 0.379 e. The molecular formula is C23H23ClN4O7. The second kappa shape index (κ2) is 12.2. The Morgan fingerprint density at radius 2 is 1.60 bits per heavy atom. The summed E-state index contributed by atoms with van der Waals surface area (Å²) in [7, 11) is 0. The van der Waals surface area contributed by atoms with Crippen LogP contribution in [0, 0.1) is 5.41 Å². The van der Waals surface area contributed by atoms with Crippen LogP contribution in [0.4, 0.5) is 0 Å². The minimum absolute atomic E-state index is 0. The van der Waals surface area contributed by atoms with E-state index in [1.54, 1.807) is 36.4 Å². The number of benzene rings is 2. The predicted molar refractivity (Wildman–Crippen MR) is 128 cm³/mol. The Bertz CT molecular complexity index is 1270. The van der Waals surface area contributed by atoms with Gasteiger partial charge in [0, 0.05) is 18.4 Å².